The van der Waals surface area contributed by atoms with E-state index in [0.717, 1.165) is 23.3 Å². The van der Waals surface area contributed by atoms with Crippen LogP contribution in [-0.4, -0.2) is 18.0 Å². The van der Waals surface area contributed by atoms with Crippen molar-refractivity contribution in [2.45, 2.75) is 12.7 Å². The molecule has 0 radical (unpaired) electrons. The number of nitrogens with zero attached hydrogens (tertiary/aromatic N) is 1. The van der Waals surface area contributed by atoms with Crippen molar-refractivity contribution in [3.05, 3.63) is 95.3 Å². The van der Waals surface area contributed by atoms with E-state index in [-0.39, 0.29) is 5.91 Å². The molecule has 4 rings (SSSR count). The Morgan fingerprint density at radius 1 is 1.12 bits per heavy atom. The fraction of sp³-hybridized carbons (Fsp3) is 0.125. The average molecular weight is 439 g/mol. The van der Waals surface area contributed by atoms with Gasteiger partial charge in [-0.05, 0) is 60.2 Å². The minimum Gasteiger partial charge on any atom is -0.497 e. The van der Waals surface area contributed by atoms with Crippen molar-refractivity contribution in [2.24, 2.45) is 0 Å². The second-order valence-electron chi connectivity index (χ2n) is 7.23. The van der Waals surface area contributed by atoms with Crippen LogP contribution in [0.4, 0.5) is 24.7 Å². The van der Waals surface area contributed by atoms with Gasteiger partial charge in [-0.1, -0.05) is 18.7 Å². The number of ether oxygens (including phenoxy) is 1. The maximum Gasteiger partial charge on any atom is 0.416 e. The third kappa shape index (κ3) is 4.25. The third-order valence-corrected chi connectivity index (χ3v) is 5.08. The minimum atomic E-state index is -4.41. The molecule has 0 aliphatic carbocycles. The molecule has 1 amide bonds. The van der Waals surface area contributed by atoms with Crippen LogP contribution in [-0.2, 0) is 12.7 Å². The first kappa shape index (κ1) is 21.3. The summed E-state index contributed by atoms with van der Waals surface area (Å²) in [6.07, 6.45) is -0.873. The van der Waals surface area contributed by atoms with Crippen molar-refractivity contribution in [2.75, 3.05) is 12.0 Å². The molecule has 2 N–H and O–H groups in total. The molecule has 1 aliphatic heterocycles. The van der Waals surface area contributed by atoms with Gasteiger partial charge < -0.3 is 15.0 Å². The number of amides is 1. The predicted octanol–water partition coefficient (Wildman–Crippen LogP) is 5.65. The van der Waals surface area contributed by atoms with Crippen molar-refractivity contribution >= 4 is 23.5 Å². The van der Waals surface area contributed by atoms with Gasteiger partial charge in [-0.3, -0.25) is 9.69 Å². The number of nitrogens with one attached hydrogen (secondary N) is 2. The number of carbonyl (C=O) groups excluding carboxylic acids is 1. The number of carbonyl (C=O) groups is 1. The number of H-pyrrole nitrogens is 1. The summed E-state index contributed by atoms with van der Waals surface area (Å²) >= 11 is 0. The van der Waals surface area contributed by atoms with Crippen molar-refractivity contribution in [1.82, 2.24) is 10.3 Å². The lowest BCUT2D eigenvalue weighted by Crippen LogP contribution is -2.23. The number of aromatic nitrogens is 1. The largest absolute Gasteiger partial charge is 0.497 e. The number of anilines is 2. The zero-order chi connectivity index (χ0) is 22.9. The fourth-order valence-electron chi connectivity index (χ4n) is 3.45. The number of alkyl halides is 3. The lowest BCUT2D eigenvalue weighted by molar-refractivity contribution is -0.137. The second kappa shape index (κ2) is 8.30. The van der Waals surface area contributed by atoms with E-state index in [9.17, 15) is 18.0 Å². The highest BCUT2D eigenvalue weighted by Gasteiger charge is 2.31. The summed E-state index contributed by atoms with van der Waals surface area (Å²) in [4.78, 5) is 17.5. The summed E-state index contributed by atoms with van der Waals surface area (Å²) in [5.74, 6) is 0.945. The van der Waals surface area contributed by atoms with E-state index < -0.39 is 11.7 Å². The molecule has 0 fully saturated rings. The maximum atomic E-state index is 12.9. The first-order chi connectivity index (χ1) is 15.3. The van der Waals surface area contributed by atoms with Crippen molar-refractivity contribution in [3.63, 3.8) is 0 Å². The number of aromatic amines is 1. The fourth-order valence-corrected chi connectivity index (χ4v) is 3.45. The normalized spacial score (nSPS) is 13.1. The van der Waals surface area contributed by atoms with Gasteiger partial charge in [0.25, 0.3) is 5.91 Å². The van der Waals surface area contributed by atoms with Crippen LogP contribution in [0.15, 0.2) is 72.9 Å². The molecule has 2 heterocycles. The van der Waals surface area contributed by atoms with Crippen LogP contribution in [0.5, 0.6) is 5.75 Å². The van der Waals surface area contributed by atoms with Gasteiger partial charge in [-0.15, -0.1) is 0 Å². The van der Waals surface area contributed by atoms with Gasteiger partial charge in [0.1, 0.15) is 17.3 Å². The van der Waals surface area contributed by atoms with Gasteiger partial charge in [-0.2, -0.15) is 13.2 Å². The zero-order valence-corrected chi connectivity index (χ0v) is 17.2. The maximum absolute atomic E-state index is 12.9. The van der Waals surface area contributed by atoms with Crippen molar-refractivity contribution < 1.29 is 22.7 Å². The Hall–Kier alpha value is -3.94. The van der Waals surface area contributed by atoms with Crippen LogP contribution in [0.1, 0.15) is 27.2 Å². The van der Waals surface area contributed by atoms with Gasteiger partial charge in [0.05, 0.1) is 12.7 Å². The van der Waals surface area contributed by atoms with Crippen LogP contribution >= 0.6 is 0 Å². The van der Waals surface area contributed by atoms with Crippen LogP contribution in [0, 0.1) is 0 Å². The van der Waals surface area contributed by atoms with Crippen molar-refractivity contribution in [1.29, 1.82) is 0 Å². The molecule has 0 unspecified atom stereocenters. The number of fused-ring (bicyclic) bond motifs is 1. The Morgan fingerprint density at radius 2 is 1.88 bits per heavy atom. The number of allylic oxidation sites excluding steroid dienone is 1. The lowest BCUT2D eigenvalue weighted by Gasteiger charge is -2.27. The number of hydrogen-bond donors (Lipinski definition) is 2. The number of methoxy groups -OCH3 is 1. The molecule has 32 heavy (non-hydrogen) atoms. The first-order valence-corrected chi connectivity index (χ1v) is 9.75. The molecular formula is C24H20F3N3O2. The summed E-state index contributed by atoms with van der Waals surface area (Å²) in [6.45, 7) is 4.28. The standard InChI is InChI=1S/C24H20F3N3O2/c1-15-6-7-17-13-21(23(31)28-14-16-4-3-5-20(12-16)32-2)29-22(17)30(15)19-10-8-18(9-11-19)24(25,26)27/h3-13,29H,1,14H2,2H3,(H,28,31). The Labute approximate surface area is 182 Å². The molecule has 164 valence electrons. The highest BCUT2D eigenvalue weighted by atomic mass is 19.4. The molecule has 2 aromatic carbocycles. The molecular weight excluding hydrogens is 419 g/mol. The highest BCUT2D eigenvalue weighted by molar-refractivity contribution is 5.96. The van der Waals surface area contributed by atoms with Crippen LogP contribution in [0.25, 0.3) is 6.08 Å². The average Bonchev–Trinajstić information content (AvgIpc) is 3.21. The molecule has 8 heteroatoms. The highest BCUT2D eigenvalue weighted by Crippen LogP contribution is 2.38. The monoisotopic (exact) mass is 439 g/mol. The number of benzene rings is 2. The molecule has 0 spiro atoms. The number of halogens is 3. The van der Waals surface area contributed by atoms with Gasteiger partial charge in [0, 0.05) is 23.5 Å². The smallest absolute Gasteiger partial charge is 0.416 e. The Morgan fingerprint density at radius 3 is 2.56 bits per heavy atom. The SMILES string of the molecule is C=C1C=Cc2cc(C(=O)NCc3cccc(OC)c3)[nH]c2N1c1ccc(C(F)(F)F)cc1. The third-order valence-electron chi connectivity index (χ3n) is 5.08. The number of rotatable bonds is 5. The van der Waals surface area contributed by atoms with E-state index in [1.54, 1.807) is 30.2 Å². The summed E-state index contributed by atoms with van der Waals surface area (Å²) in [5.41, 5.74) is 2.26. The van der Waals surface area contributed by atoms with E-state index in [1.165, 1.54) is 12.1 Å². The summed E-state index contributed by atoms with van der Waals surface area (Å²) in [6, 6.07) is 13.8. The van der Waals surface area contributed by atoms with Gasteiger partial charge in [-0.25, -0.2) is 0 Å². The number of hydrogen-bond acceptors (Lipinski definition) is 3. The molecule has 0 atom stereocenters. The molecule has 0 saturated heterocycles. The summed E-state index contributed by atoms with van der Waals surface area (Å²) < 4.78 is 43.9. The zero-order valence-electron chi connectivity index (χ0n) is 17.2. The van der Waals surface area contributed by atoms with Gasteiger partial charge in [0.15, 0.2) is 0 Å². The first-order valence-electron chi connectivity index (χ1n) is 9.75. The topological polar surface area (TPSA) is 57.4 Å². The summed E-state index contributed by atoms with van der Waals surface area (Å²) in [5, 5.41) is 2.85. The van der Waals surface area contributed by atoms with Crippen LogP contribution < -0.4 is 15.0 Å². The van der Waals surface area contributed by atoms with E-state index in [2.05, 4.69) is 16.9 Å². The van der Waals surface area contributed by atoms with E-state index in [0.29, 0.717) is 35.2 Å². The second-order valence-corrected chi connectivity index (χ2v) is 7.23. The van der Waals surface area contributed by atoms with Gasteiger partial charge in [0.2, 0.25) is 0 Å². The predicted molar refractivity (Wildman–Crippen MR) is 117 cm³/mol. The van der Waals surface area contributed by atoms with E-state index >= 15 is 0 Å². The molecule has 3 aromatic rings. The Balaban J connectivity index is 1.55. The van der Waals surface area contributed by atoms with E-state index in [1.807, 2.05) is 24.3 Å². The lowest BCUT2D eigenvalue weighted by atomic mass is 10.1. The van der Waals surface area contributed by atoms with Crippen molar-refractivity contribution in [3.8, 4) is 5.75 Å². The van der Waals surface area contributed by atoms with E-state index in [4.69, 9.17) is 4.74 Å². The Bertz CT molecular complexity index is 1190. The van der Waals surface area contributed by atoms with Crippen LogP contribution in [0.2, 0.25) is 0 Å². The summed E-state index contributed by atoms with van der Waals surface area (Å²) in [7, 11) is 1.57. The Kier molecular flexibility index (Phi) is 5.52. The quantitative estimate of drug-likeness (QED) is 0.540. The minimum absolute atomic E-state index is 0.310. The van der Waals surface area contributed by atoms with Gasteiger partial charge >= 0.3 is 6.18 Å². The molecule has 1 aliphatic rings. The molecule has 1 aromatic heterocycles. The molecule has 5 nitrogen and oxygen atoms in total. The molecule has 0 bridgehead atoms. The van der Waals surface area contributed by atoms with Crippen LogP contribution in [0.3, 0.4) is 0 Å². The molecule has 0 saturated carbocycles.